The van der Waals surface area contributed by atoms with Crippen LogP contribution in [-0.4, -0.2) is 78.4 Å². The van der Waals surface area contributed by atoms with E-state index >= 15 is 0 Å². The van der Waals surface area contributed by atoms with Crippen LogP contribution in [-0.2, 0) is 33.6 Å². The lowest BCUT2D eigenvalue weighted by atomic mass is 9.87. The molecule has 0 saturated heterocycles. The first-order valence-electron chi connectivity index (χ1n) is 19.1. The summed E-state index contributed by atoms with van der Waals surface area (Å²) in [4.78, 5) is 58.4. The summed E-state index contributed by atoms with van der Waals surface area (Å²) in [6.07, 6.45) is -0.801. The number of methoxy groups -OCH3 is 1. The molecule has 16 nitrogen and oxygen atoms in total. The predicted octanol–water partition coefficient (Wildman–Crippen LogP) is 7.79. The standard InChI is InChI=1S/C43H49FN6O10S/c1-25(27-11-16-30(44)17-12-27)37(51)45-31-18-13-28(14-19-31)29-15-22-35-46-39(48-49(35)24-29)50(33-21-20-32(61(10,55)56)23-34(33)57-9)41(54)59-26(2)58-38(52)36(42(3,4)5)47-40(53)60-43(6,7)8/h11-26,36H,1-10H3,(H,45,51)(H,47,53). The van der Waals surface area contributed by atoms with Crippen LogP contribution < -0.4 is 20.3 Å². The van der Waals surface area contributed by atoms with Crippen molar-refractivity contribution in [2.45, 2.75) is 84.1 Å². The fraction of sp³-hybridized carbons (Fsp3) is 0.349. The Kier molecular flexibility index (Phi) is 13.4. The zero-order valence-corrected chi connectivity index (χ0v) is 36.3. The van der Waals surface area contributed by atoms with E-state index in [1.165, 1.54) is 48.9 Å². The molecule has 3 atom stereocenters. The van der Waals surface area contributed by atoms with Crippen LogP contribution in [0.4, 0.5) is 31.3 Å². The summed E-state index contributed by atoms with van der Waals surface area (Å²) in [6, 6.07) is 18.9. The number of pyridine rings is 1. The van der Waals surface area contributed by atoms with Gasteiger partial charge in [-0.25, -0.2) is 36.6 Å². The zero-order valence-electron chi connectivity index (χ0n) is 35.5. The van der Waals surface area contributed by atoms with E-state index in [0.717, 1.165) is 16.7 Å². The van der Waals surface area contributed by atoms with Crippen LogP contribution in [0.2, 0.25) is 0 Å². The minimum Gasteiger partial charge on any atom is -0.495 e. The predicted molar refractivity (Wildman–Crippen MR) is 225 cm³/mol. The van der Waals surface area contributed by atoms with Crippen molar-refractivity contribution >= 4 is 56.9 Å². The van der Waals surface area contributed by atoms with Gasteiger partial charge in [0.15, 0.2) is 15.5 Å². The average Bonchev–Trinajstić information content (AvgIpc) is 3.58. The van der Waals surface area contributed by atoms with Gasteiger partial charge >= 0.3 is 18.2 Å². The van der Waals surface area contributed by atoms with Crippen molar-refractivity contribution in [3.63, 3.8) is 0 Å². The number of benzene rings is 3. The molecule has 5 rings (SSSR count). The van der Waals surface area contributed by atoms with Gasteiger partial charge in [0.1, 0.15) is 23.2 Å². The van der Waals surface area contributed by atoms with E-state index in [0.29, 0.717) is 22.5 Å². The number of alkyl carbamates (subject to hydrolysis) is 1. The molecule has 2 heterocycles. The molecule has 0 radical (unpaired) electrons. The summed E-state index contributed by atoms with van der Waals surface area (Å²) in [5, 5.41) is 9.96. The van der Waals surface area contributed by atoms with Crippen LogP contribution in [0.15, 0.2) is 90.0 Å². The molecule has 3 aromatic carbocycles. The van der Waals surface area contributed by atoms with Gasteiger partial charge in [-0.15, -0.1) is 5.10 Å². The van der Waals surface area contributed by atoms with Crippen molar-refractivity contribution < 1.29 is 50.9 Å². The summed E-state index contributed by atoms with van der Waals surface area (Å²) in [5.74, 6) is -2.34. The molecule has 0 spiro atoms. The third kappa shape index (κ3) is 11.6. The van der Waals surface area contributed by atoms with Crippen LogP contribution in [0.1, 0.15) is 66.9 Å². The fourth-order valence-corrected chi connectivity index (χ4v) is 6.54. The Labute approximate surface area is 353 Å². The Hall–Kier alpha value is -6.56. The lowest BCUT2D eigenvalue weighted by molar-refractivity contribution is -0.169. The molecule has 18 heteroatoms. The van der Waals surface area contributed by atoms with Gasteiger partial charge in [0.2, 0.25) is 12.2 Å². The third-order valence-corrected chi connectivity index (χ3v) is 10.2. The van der Waals surface area contributed by atoms with Crippen LogP contribution >= 0.6 is 0 Å². The molecule has 0 saturated carbocycles. The largest absolute Gasteiger partial charge is 0.495 e. The maximum absolute atomic E-state index is 14.1. The molecule has 0 bridgehead atoms. The zero-order chi connectivity index (χ0) is 45.0. The molecular weight excluding hydrogens is 812 g/mol. The minimum atomic E-state index is -3.69. The van der Waals surface area contributed by atoms with E-state index in [1.807, 2.05) is 0 Å². The number of sulfone groups is 1. The monoisotopic (exact) mass is 860 g/mol. The molecule has 3 amide bonds. The first kappa shape index (κ1) is 45.5. The number of nitrogens with one attached hydrogen (secondary N) is 2. The number of aromatic nitrogens is 3. The molecule has 5 aromatic rings. The van der Waals surface area contributed by atoms with Gasteiger partial charge in [0.05, 0.1) is 23.6 Å². The van der Waals surface area contributed by atoms with Crippen LogP contribution in [0.25, 0.3) is 16.8 Å². The number of hydrogen-bond acceptors (Lipinski definition) is 12. The summed E-state index contributed by atoms with van der Waals surface area (Å²) >= 11 is 0. The van der Waals surface area contributed by atoms with Crippen LogP contribution in [0, 0.1) is 11.2 Å². The molecular formula is C43H49FN6O10S. The highest BCUT2D eigenvalue weighted by Crippen LogP contribution is 2.36. The molecule has 0 fully saturated rings. The van der Waals surface area contributed by atoms with Gasteiger partial charge < -0.3 is 29.6 Å². The van der Waals surface area contributed by atoms with Crippen molar-refractivity contribution in [2.75, 3.05) is 23.6 Å². The number of esters is 1. The summed E-state index contributed by atoms with van der Waals surface area (Å²) in [5.41, 5.74) is 1.29. The Morgan fingerprint density at radius 1 is 0.852 bits per heavy atom. The summed E-state index contributed by atoms with van der Waals surface area (Å²) in [7, 11) is -2.40. The number of ether oxygens (including phenoxy) is 4. The van der Waals surface area contributed by atoms with Crippen LogP contribution in [0.3, 0.4) is 0 Å². The van der Waals surface area contributed by atoms with Gasteiger partial charge in [-0.3, -0.25) is 4.79 Å². The van der Waals surface area contributed by atoms with Gasteiger partial charge in [0.25, 0.3) is 5.95 Å². The molecule has 2 N–H and O–H groups in total. The molecule has 2 aromatic heterocycles. The molecule has 3 unspecified atom stereocenters. The second kappa shape index (κ2) is 18.0. The maximum atomic E-state index is 14.1. The average molecular weight is 861 g/mol. The third-order valence-electron chi connectivity index (χ3n) is 9.08. The number of amides is 3. The lowest BCUT2D eigenvalue weighted by Gasteiger charge is -2.31. The lowest BCUT2D eigenvalue weighted by Crippen LogP contribution is -2.52. The number of rotatable bonds is 12. The number of anilines is 3. The molecule has 0 aliphatic carbocycles. The normalized spacial score (nSPS) is 13.4. The SMILES string of the molecule is COc1cc(S(C)(=O)=O)ccc1N(C(=O)OC(C)OC(=O)C(NC(=O)OC(C)(C)C)C(C)(C)C)c1nc2ccc(-c3ccc(NC(=O)C(C)c4ccc(F)cc4)cc3)cn2n1. The minimum absolute atomic E-state index is 0.0000916. The Morgan fingerprint density at radius 3 is 2.08 bits per heavy atom. The Bertz CT molecular complexity index is 2530. The van der Waals surface area contributed by atoms with E-state index in [4.69, 9.17) is 18.9 Å². The van der Waals surface area contributed by atoms with Crippen molar-refractivity contribution in [1.82, 2.24) is 19.9 Å². The Morgan fingerprint density at radius 2 is 1.49 bits per heavy atom. The number of carbonyl (C=O) groups excluding carboxylic acids is 4. The summed E-state index contributed by atoms with van der Waals surface area (Å²) < 4.78 is 61.6. The molecule has 0 aliphatic heterocycles. The van der Waals surface area contributed by atoms with E-state index in [-0.39, 0.29) is 34.0 Å². The fourth-order valence-electron chi connectivity index (χ4n) is 5.90. The Balaban J connectivity index is 1.41. The highest BCUT2D eigenvalue weighted by molar-refractivity contribution is 7.90. The van der Waals surface area contributed by atoms with Crippen molar-refractivity contribution in [3.05, 3.63) is 96.4 Å². The van der Waals surface area contributed by atoms with Crippen LogP contribution in [0.5, 0.6) is 5.75 Å². The van der Waals surface area contributed by atoms with E-state index in [1.54, 1.807) is 103 Å². The quantitative estimate of drug-likeness (QED) is 0.0914. The van der Waals surface area contributed by atoms with Crippen molar-refractivity contribution in [3.8, 4) is 16.9 Å². The van der Waals surface area contributed by atoms with Crippen molar-refractivity contribution in [2.24, 2.45) is 5.41 Å². The highest BCUT2D eigenvalue weighted by atomic mass is 32.2. The van der Waals surface area contributed by atoms with E-state index < -0.39 is 57.3 Å². The first-order chi connectivity index (χ1) is 28.4. The number of nitrogens with zero attached hydrogens (tertiary/aromatic N) is 4. The van der Waals surface area contributed by atoms with Gasteiger partial charge in [-0.2, -0.15) is 4.98 Å². The van der Waals surface area contributed by atoms with Gasteiger partial charge in [-0.05, 0) is 92.8 Å². The number of fused-ring (bicyclic) bond motifs is 1. The first-order valence-corrected chi connectivity index (χ1v) is 20.9. The van der Waals surface area contributed by atoms with Gasteiger partial charge in [0, 0.05) is 36.7 Å². The van der Waals surface area contributed by atoms with Gasteiger partial charge in [-0.1, -0.05) is 45.0 Å². The molecule has 0 aliphatic rings. The highest BCUT2D eigenvalue weighted by Gasteiger charge is 2.37. The van der Waals surface area contributed by atoms with Crippen molar-refractivity contribution in [1.29, 1.82) is 0 Å². The smallest absolute Gasteiger partial charge is 0.424 e. The number of hydrogen-bond donors (Lipinski definition) is 2. The topological polar surface area (TPSA) is 197 Å². The van der Waals surface area contributed by atoms with E-state index in [9.17, 15) is 32.0 Å². The number of carbonyl (C=O) groups is 4. The second-order valence-electron chi connectivity index (χ2n) is 16.2. The second-order valence-corrected chi connectivity index (χ2v) is 18.3. The number of halogens is 1. The summed E-state index contributed by atoms with van der Waals surface area (Å²) in [6.45, 7) is 13.2. The molecule has 61 heavy (non-hydrogen) atoms. The van der Waals surface area contributed by atoms with E-state index in [2.05, 4.69) is 20.7 Å². The maximum Gasteiger partial charge on any atom is 0.424 e. The molecule has 324 valence electrons.